The molecule has 3 heteroatoms. The summed E-state index contributed by atoms with van der Waals surface area (Å²) in [6.45, 7) is 4.50. The summed E-state index contributed by atoms with van der Waals surface area (Å²) in [6.07, 6.45) is 1.92. The van der Waals surface area contributed by atoms with Crippen LogP contribution in [-0.2, 0) is 0 Å². The molecule has 0 spiro atoms. The molecule has 0 N–H and O–H groups in total. The fourth-order valence-electron chi connectivity index (χ4n) is 4.33. The molecule has 0 bridgehead atoms. The van der Waals surface area contributed by atoms with E-state index in [0.29, 0.717) is 5.92 Å². The van der Waals surface area contributed by atoms with Crippen molar-refractivity contribution in [3.05, 3.63) is 72.4 Å². The van der Waals surface area contributed by atoms with Crippen molar-refractivity contribution in [1.82, 2.24) is 4.98 Å². The third-order valence-corrected chi connectivity index (χ3v) is 10.3. The molecule has 0 aliphatic heterocycles. The third kappa shape index (κ3) is 3.14. The van der Waals surface area contributed by atoms with Crippen molar-refractivity contribution in [2.24, 2.45) is 0 Å². The molecular weight excluding hydrogens is 427 g/mol. The minimum atomic E-state index is -1.92. The topological polar surface area (TPSA) is 26.0 Å². The van der Waals surface area contributed by atoms with Crippen molar-refractivity contribution in [2.45, 2.75) is 37.0 Å². The van der Waals surface area contributed by atoms with Crippen molar-refractivity contribution in [1.29, 1.82) is 0 Å². The van der Waals surface area contributed by atoms with E-state index < -0.39 is 13.3 Å². The monoisotopic (exact) mass is 455 g/mol. The molecule has 0 fully saturated rings. The van der Waals surface area contributed by atoms with Crippen LogP contribution in [-0.4, -0.2) is 18.3 Å². The summed E-state index contributed by atoms with van der Waals surface area (Å²) in [5.74, 6) is 7.72. The molecule has 0 saturated heterocycles. The van der Waals surface area contributed by atoms with Crippen LogP contribution < -0.4 is 4.40 Å². The number of benzene rings is 3. The summed E-state index contributed by atoms with van der Waals surface area (Å²) in [5.41, 5.74) is 5.22. The molecule has 5 aromatic rings. The second-order valence-electron chi connectivity index (χ2n) is 9.54. The van der Waals surface area contributed by atoms with Gasteiger partial charge in [0.15, 0.2) is 0 Å². The van der Waals surface area contributed by atoms with Gasteiger partial charge in [0.05, 0.1) is 0 Å². The Morgan fingerprint density at radius 3 is 2.40 bits per heavy atom. The number of aromatic nitrogens is 1. The van der Waals surface area contributed by atoms with Crippen molar-refractivity contribution in [3.8, 4) is 11.3 Å². The first-order valence-electron chi connectivity index (χ1n) is 10.7. The van der Waals surface area contributed by atoms with E-state index in [1.807, 2.05) is 6.20 Å². The van der Waals surface area contributed by atoms with Crippen LogP contribution in [0.4, 0.5) is 0 Å². The predicted molar refractivity (Wildman–Crippen MR) is 132 cm³/mol. The second-order valence-corrected chi connectivity index (χ2v) is 20.2. The minimum absolute atomic E-state index is 0.436. The molecule has 5 rings (SSSR count). The normalized spacial score (nSPS) is 12.5. The van der Waals surface area contributed by atoms with E-state index in [4.69, 9.17) is 9.40 Å². The number of fused-ring (bicyclic) bond motifs is 4. The van der Waals surface area contributed by atoms with Crippen LogP contribution in [0, 0.1) is 0 Å². The van der Waals surface area contributed by atoms with Gasteiger partial charge in [0, 0.05) is 0 Å². The quantitative estimate of drug-likeness (QED) is 0.265. The van der Waals surface area contributed by atoms with E-state index in [9.17, 15) is 0 Å². The summed E-state index contributed by atoms with van der Waals surface area (Å²) < 4.78 is 7.87. The average Bonchev–Trinajstić information content (AvgIpc) is 3.10. The molecule has 0 aliphatic rings. The van der Waals surface area contributed by atoms with Gasteiger partial charge in [0.25, 0.3) is 0 Å². The Kier molecular flexibility index (Phi) is 4.51. The summed E-state index contributed by atoms with van der Waals surface area (Å²) in [7, 11) is 0. The van der Waals surface area contributed by atoms with Crippen molar-refractivity contribution in [3.63, 3.8) is 0 Å². The van der Waals surface area contributed by atoms with Gasteiger partial charge < -0.3 is 0 Å². The van der Waals surface area contributed by atoms with Crippen molar-refractivity contribution < 1.29 is 4.42 Å². The van der Waals surface area contributed by atoms with Gasteiger partial charge in [0.2, 0.25) is 0 Å². The Labute approximate surface area is 180 Å². The van der Waals surface area contributed by atoms with Crippen molar-refractivity contribution >= 4 is 50.4 Å². The molecule has 150 valence electrons. The Balaban J connectivity index is 1.79. The maximum atomic E-state index is 6.38. The summed E-state index contributed by atoms with van der Waals surface area (Å²) in [6, 6.07) is 22.0. The zero-order valence-electron chi connectivity index (χ0n) is 18.3. The first-order chi connectivity index (χ1) is 14.3. The molecule has 2 nitrogen and oxygen atoms in total. The summed E-state index contributed by atoms with van der Waals surface area (Å²) >= 11 is -1.92. The van der Waals surface area contributed by atoms with E-state index in [-0.39, 0.29) is 0 Å². The zero-order chi connectivity index (χ0) is 21.0. The number of hydrogen-bond donors (Lipinski definition) is 0. The van der Waals surface area contributed by atoms with E-state index in [0.717, 1.165) is 27.8 Å². The van der Waals surface area contributed by atoms with Crippen LogP contribution in [0.15, 0.2) is 71.3 Å². The van der Waals surface area contributed by atoms with E-state index in [1.54, 1.807) is 0 Å². The van der Waals surface area contributed by atoms with Gasteiger partial charge in [-0.25, -0.2) is 0 Å². The molecule has 0 aliphatic carbocycles. The number of rotatable bonds is 3. The number of nitrogens with zero attached hydrogens (tertiary/aromatic N) is 1. The molecule has 2 heterocycles. The van der Waals surface area contributed by atoms with Gasteiger partial charge in [-0.1, -0.05) is 0 Å². The Morgan fingerprint density at radius 2 is 1.63 bits per heavy atom. The first kappa shape index (κ1) is 19.4. The Morgan fingerprint density at radius 1 is 0.833 bits per heavy atom. The Bertz CT molecular complexity index is 1410. The van der Waals surface area contributed by atoms with E-state index in [2.05, 4.69) is 91.8 Å². The second kappa shape index (κ2) is 6.99. The Hall–Kier alpha value is -2.59. The molecular formula is C27H27GeNO. The maximum absolute atomic E-state index is 6.38. The standard InChI is InChI=1S/C27H27GeNO/c1-17(2)23-15-19(14-18-8-6-7-9-21(18)23)26-27-22(12-13-29-26)24-16-20(28(3,4)5)10-11-25(24)30-27/h6-17H,1-5H3. The zero-order valence-corrected chi connectivity index (χ0v) is 20.4. The molecule has 0 amide bonds. The van der Waals surface area contributed by atoms with Gasteiger partial charge in [0.1, 0.15) is 0 Å². The van der Waals surface area contributed by atoms with E-state index >= 15 is 0 Å². The van der Waals surface area contributed by atoms with Crippen molar-refractivity contribution in [2.75, 3.05) is 0 Å². The molecule has 0 saturated carbocycles. The molecule has 0 radical (unpaired) electrons. The fourth-order valence-corrected chi connectivity index (χ4v) is 6.77. The molecule has 0 unspecified atom stereocenters. The summed E-state index contributed by atoms with van der Waals surface area (Å²) in [5, 5.41) is 4.92. The van der Waals surface area contributed by atoms with Gasteiger partial charge in [-0.05, 0) is 0 Å². The van der Waals surface area contributed by atoms with Gasteiger partial charge >= 0.3 is 180 Å². The van der Waals surface area contributed by atoms with Crippen LogP contribution in [0.25, 0.3) is 44.0 Å². The van der Waals surface area contributed by atoms with Crippen LogP contribution in [0.1, 0.15) is 25.3 Å². The molecule has 2 aromatic heterocycles. The van der Waals surface area contributed by atoms with Crippen LogP contribution >= 0.6 is 0 Å². The third-order valence-electron chi connectivity index (χ3n) is 6.04. The van der Waals surface area contributed by atoms with Gasteiger partial charge in [-0.2, -0.15) is 0 Å². The average molecular weight is 454 g/mol. The summed E-state index contributed by atoms with van der Waals surface area (Å²) in [4.78, 5) is 4.77. The predicted octanol–water partition coefficient (Wildman–Crippen LogP) is 7.47. The van der Waals surface area contributed by atoms with Crippen LogP contribution in [0.2, 0.25) is 17.3 Å². The number of furan rings is 1. The SMILES string of the molecule is CC(C)c1cc(-c2nccc3c2oc2cc[c]([Ge]([CH3])([CH3])[CH3])cc23)cc2ccccc12. The molecule has 0 atom stereocenters. The number of hydrogen-bond acceptors (Lipinski definition) is 2. The fraction of sp³-hybridized carbons (Fsp3) is 0.222. The molecule has 3 aromatic carbocycles. The molecule has 30 heavy (non-hydrogen) atoms. The van der Waals surface area contributed by atoms with Crippen LogP contribution in [0.3, 0.4) is 0 Å². The van der Waals surface area contributed by atoms with Crippen LogP contribution in [0.5, 0.6) is 0 Å². The first-order valence-corrected chi connectivity index (χ1v) is 18.0. The van der Waals surface area contributed by atoms with Gasteiger partial charge in [-0.15, -0.1) is 0 Å². The number of pyridine rings is 1. The van der Waals surface area contributed by atoms with Gasteiger partial charge in [-0.3, -0.25) is 0 Å². The van der Waals surface area contributed by atoms with E-state index in [1.165, 1.54) is 26.1 Å².